The van der Waals surface area contributed by atoms with Crippen molar-refractivity contribution in [3.05, 3.63) is 41.5 Å². The highest BCUT2D eigenvalue weighted by molar-refractivity contribution is 5.89. The molecule has 0 aliphatic heterocycles. The minimum absolute atomic E-state index is 0.288. The first kappa shape index (κ1) is 12.5. The van der Waals surface area contributed by atoms with Crippen LogP contribution in [0.5, 0.6) is 0 Å². The lowest BCUT2D eigenvalue weighted by molar-refractivity contribution is 0.0600. The van der Waals surface area contributed by atoms with Crippen LogP contribution in [0.2, 0.25) is 0 Å². The number of esters is 1. The van der Waals surface area contributed by atoms with Gasteiger partial charge in [-0.15, -0.1) is 0 Å². The molecule has 0 heterocycles. The van der Waals surface area contributed by atoms with Crippen LogP contribution in [0, 0.1) is 0 Å². The first-order chi connectivity index (χ1) is 7.77. The van der Waals surface area contributed by atoms with Crippen molar-refractivity contribution in [2.75, 3.05) is 7.11 Å². The lowest BCUT2D eigenvalue weighted by atomic mass is 10.1. The van der Waals surface area contributed by atoms with Gasteiger partial charge in [0.25, 0.3) is 0 Å². The Hall–Kier alpha value is -1.57. The Morgan fingerprint density at radius 2 is 2.25 bits per heavy atom. The second-order valence-electron chi connectivity index (χ2n) is 3.66. The van der Waals surface area contributed by atoms with Gasteiger partial charge in [-0.25, -0.2) is 4.79 Å². The van der Waals surface area contributed by atoms with Crippen molar-refractivity contribution in [3.63, 3.8) is 0 Å². The summed E-state index contributed by atoms with van der Waals surface area (Å²) in [5, 5.41) is 0. The average molecular weight is 218 g/mol. The number of carbonyl (C=O) groups is 1. The molecular weight excluding hydrogens is 200 g/mol. The quantitative estimate of drug-likeness (QED) is 0.556. The van der Waals surface area contributed by atoms with Gasteiger partial charge in [0, 0.05) is 0 Å². The molecule has 0 atom stereocenters. The van der Waals surface area contributed by atoms with Gasteiger partial charge in [0.1, 0.15) is 0 Å². The highest BCUT2D eigenvalue weighted by Gasteiger charge is 2.03. The first-order valence-corrected chi connectivity index (χ1v) is 5.63. The van der Waals surface area contributed by atoms with Gasteiger partial charge < -0.3 is 4.74 Å². The Balaban J connectivity index is 2.67. The molecule has 0 radical (unpaired) electrons. The Labute approximate surface area is 96.9 Å². The fraction of sp³-hybridized carbons (Fsp3) is 0.357. The zero-order valence-corrected chi connectivity index (χ0v) is 9.90. The molecular formula is C14H18O2. The molecule has 0 aliphatic rings. The van der Waals surface area contributed by atoms with Crippen LogP contribution >= 0.6 is 0 Å². The molecule has 0 saturated heterocycles. The molecule has 0 spiro atoms. The third-order valence-electron chi connectivity index (χ3n) is 2.34. The monoisotopic (exact) mass is 218 g/mol. The molecule has 1 rings (SSSR count). The summed E-state index contributed by atoms with van der Waals surface area (Å²) in [6.07, 6.45) is 7.67. The lowest BCUT2D eigenvalue weighted by Gasteiger charge is -2.00. The molecule has 1 aromatic carbocycles. The molecule has 0 unspecified atom stereocenters. The molecule has 0 fully saturated rings. The number of carbonyl (C=O) groups excluding carboxylic acids is 1. The Kier molecular flexibility index (Phi) is 5.34. The van der Waals surface area contributed by atoms with Gasteiger partial charge in [-0.1, -0.05) is 44.1 Å². The topological polar surface area (TPSA) is 26.3 Å². The van der Waals surface area contributed by atoms with Crippen LogP contribution in [0.15, 0.2) is 30.3 Å². The SMILES string of the molecule is CCCC/C=C/c1cccc(C(=O)OC)c1. The number of hydrogen-bond donors (Lipinski definition) is 0. The fourth-order valence-electron chi connectivity index (χ4n) is 1.43. The van der Waals surface area contributed by atoms with E-state index in [2.05, 4.69) is 17.7 Å². The van der Waals surface area contributed by atoms with Crippen LogP contribution in [-0.2, 0) is 4.74 Å². The second kappa shape index (κ2) is 6.83. The number of rotatable bonds is 5. The highest BCUT2D eigenvalue weighted by atomic mass is 16.5. The van der Waals surface area contributed by atoms with E-state index in [1.54, 1.807) is 6.07 Å². The van der Waals surface area contributed by atoms with Crippen LogP contribution in [0.3, 0.4) is 0 Å². The maximum absolute atomic E-state index is 11.3. The van der Waals surface area contributed by atoms with E-state index in [-0.39, 0.29) is 5.97 Å². The predicted octanol–water partition coefficient (Wildman–Crippen LogP) is 3.68. The molecule has 1 aromatic rings. The van der Waals surface area contributed by atoms with Crippen LogP contribution in [0.1, 0.15) is 42.1 Å². The first-order valence-electron chi connectivity index (χ1n) is 5.63. The summed E-state index contributed by atoms with van der Waals surface area (Å²) in [6.45, 7) is 2.17. The number of unbranched alkanes of at least 4 members (excludes halogenated alkanes) is 2. The van der Waals surface area contributed by atoms with E-state index in [9.17, 15) is 4.79 Å². The molecule has 0 aliphatic carbocycles. The molecule has 0 bridgehead atoms. The summed E-state index contributed by atoms with van der Waals surface area (Å²) >= 11 is 0. The standard InChI is InChI=1S/C14H18O2/c1-3-4-5-6-8-12-9-7-10-13(11-12)14(15)16-2/h6-11H,3-5H2,1-2H3/b8-6+. The van der Waals surface area contributed by atoms with E-state index in [1.807, 2.05) is 24.3 Å². The predicted molar refractivity (Wildman–Crippen MR) is 66.3 cm³/mol. The largest absolute Gasteiger partial charge is 0.465 e. The van der Waals surface area contributed by atoms with Gasteiger partial charge in [-0.3, -0.25) is 0 Å². The Morgan fingerprint density at radius 1 is 1.44 bits per heavy atom. The number of allylic oxidation sites excluding steroid dienone is 1. The Bertz CT molecular complexity index is 367. The maximum Gasteiger partial charge on any atom is 0.337 e. The van der Waals surface area contributed by atoms with Crippen LogP contribution < -0.4 is 0 Å². The smallest absolute Gasteiger partial charge is 0.337 e. The van der Waals surface area contributed by atoms with Crippen molar-refractivity contribution in [1.82, 2.24) is 0 Å². The third kappa shape index (κ3) is 3.89. The van der Waals surface area contributed by atoms with Crippen molar-refractivity contribution < 1.29 is 9.53 Å². The second-order valence-corrected chi connectivity index (χ2v) is 3.66. The normalized spacial score (nSPS) is 10.6. The minimum Gasteiger partial charge on any atom is -0.465 e. The van der Waals surface area contributed by atoms with Crippen molar-refractivity contribution in [3.8, 4) is 0 Å². The van der Waals surface area contributed by atoms with Gasteiger partial charge >= 0.3 is 5.97 Å². The van der Waals surface area contributed by atoms with E-state index in [1.165, 1.54) is 20.0 Å². The van der Waals surface area contributed by atoms with Gasteiger partial charge in [0.2, 0.25) is 0 Å². The number of hydrogen-bond acceptors (Lipinski definition) is 2. The van der Waals surface area contributed by atoms with Gasteiger partial charge in [-0.2, -0.15) is 0 Å². The van der Waals surface area contributed by atoms with E-state index < -0.39 is 0 Å². The van der Waals surface area contributed by atoms with Crippen LogP contribution in [0.4, 0.5) is 0 Å². The molecule has 0 saturated carbocycles. The minimum atomic E-state index is -0.288. The highest BCUT2D eigenvalue weighted by Crippen LogP contribution is 2.09. The van der Waals surface area contributed by atoms with Crippen LogP contribution in [0.25, 0.3) is 6.08 Å². The fourth-order valence-corrected chi connectivity index (χ4v) is 1.43. The zero-order chi connectivity index (χ0) is 11.8. The molecule has 2 heteroatoms. The summed E-state index contributed by atoms with van der Waals surface area (Å²) < 4.78 is 4.67. The third-order valence-corrected chi connectivity index (χ3v) is 2.34. The van der Waals surface area contributed by atoms with Crippen molar-refractivity contribution in [2.24, 2.45) is 0 Å². The number of methoxy groups -OCH3 is 1. The molecule has 16 heavy (non-hydrogen) atoms. The summed E-state index contributed by atoms with van der Waals surface area (Å²) in [6, 6.07) is 7.45. The van der Waals surface area contributed by atoms with Gasteiger partial charge in [0.15, 0.2) is 0 Å². The lowest BCUT2D eigenvalue weighted by Crippen LogP contribution is -2.00. The van der Waals surface area contributed by atoms with E-state index in [0.717, 1.165) is 12.0 Å². The summed E-state index contributed by atoms with van der Waals surface area (Å²) in [5.41, 5.74) is 1.64. The van der Waals surface area contributed by atoms with Crippen molar-refractivity contribution in [1.29, 1.82) is 0 Å². The maximum atomic E-state index is 11.3. The van der Waals surface area contributed by atoms with Crippen molar-refractivity contribution >= 4 is 12.0 Å². The number of ether oxygens (including phenoxy) is 1. The zero-order valence-electron chi connectivity index (χ0n) is 9.90. The summed E-state index contributed by atoms with van der Waals surface area (Å²) in [5.74, 6) is -0.288. The molecule has 0 N–H and O–H groups in total. The molecule has 0 aromatic heterocycles. The summed E-state index contributed by atoms with van der Waals surface area (Å²) in [4.78, 5) is 11.3. The van der Waals surface area contributed by atoms with Crippen molar-refractivity contribution in [2.45, 2.75) is 26.2 Å². The van der Waals surface area contributed by atoms with E-state index >= 15 is 0 Å². The summed E-state index contributed by atoms with van der Waals surface area (Å²) in [7, 11) is 1.39. The molecule has 86 valence electrons. The molecule has 0 amide bonds. The van der Waals surface area contributed by atoms with Gasteiger partial charge in [-0.05, 0) is 24.1 Å². The van der Waals surface area contributed by atoms with Gasteiger partial charge in [0.05, 0.1) is 12.7 Å². The molecule has 2 nitrogen and oxygen atoms in total. The van der Waals surface area contributed by atoms with Crippen LogP contribution in [-0.4, -0.2) is 13.1 Å². The Morgan fingerprint density at radius 3 is 2.94 bits per heavy atom. The van der Waals surface area contributed by atoms with E-state index in [0.29, 0.717) is 5.56 Å². The van der Waals surface area contributed by atoms with E-state index in [4.69, 9.17) is 0 Å². The number of benzene rings is 1. The average Bonchev–Trinajstić information content (AvgIpc) is 2.34.